The third-order valence-corrected chi connectivity index (χ3v) is 2.31. The molecule has 0 aliphatic rings. The molecule has 0 aliphatic carbocycles. The van der Waals surface area contributed by atoms with Crippen LogP contribution in [-0.2, 0) is 12.7 Å². The van der Waals surface area contributed by atoms with Crippen molar-refractivity contribution in [3.05, 3.63) is 30.1 Å². The SMILES string of the molecule is OCC[n+]1c(C(F)(F)F)[nH]c2ccccc21. The summed E-state index contributed by atoms with van der Waals surface area (Å²) >= 11 is 0. The van der Waals surface area contributed by atoms with E-state index < -0.39 is 12.0 Å². The maximum absolute atomic E-state index is 12.7. The van der Waals surface area contributed by atoms with E-state index in [9.17, 15) is 13.2 Å². The average molecular weight is 231 g/mol. The van der Waals surface area contributed by atoms with Crippen molar-refractivity contribution < 1.29 is 22.8 Å². The molecule has 3 nitrogen and oxygen atoms in total. The van der Waals surface area contributed by atoms with Crippen molar-refractivity contribution in [1.29, 1.82) is 0 Å². The van der Waals surface area contributed by atoms with E-state index in [1.165, 1.54) is 0 Å². The number of nitrogens with one attached hydrogen (secondary N) is 1. The fourth-order valence-electron chi connectivity index (χ4n) is 1.69. The Morgan fingerprint density at radius 2 is 1.94 bits per heavy atom. The van der Waals surface area contributed by atoms with Crippen LogP contribution in [-0.4, -0.2) is 16.7 Å². The molecule has 0 atom stereocenters. The lowest BCUT2D eigenvalue weighted by Crippen LogP contribution is -2.42. The summed E-state index contributed by atoms with van der Waals surface area (Å²) in [7, 11) is 0. The third-order valence-electron chi connectivity index (χ3n) is 2.31. The first-order valence-electron chi connectivity index (χ1n) is 4.72. The van der Waals surface area contributed by atoms with Gasteiger partial charge in [0.1, 0.15) is 6.54 Å². The highest BCUT2D eigenvalue weighted by atomic mass is 19.4. The molecule has 1 aromatic heterocycles. The predicted molar refractivity (Wildman–Crippen MR) is 50.6 cm³/mol. The molecule has 1 aromatic carbocycles. The van der Waals surface area contributed by atoms with E-state index in [-0.39, 0.29) is 13.2 Å². The van der Waals surface area contributed by atoms with E-state index in [1.807, 2.05) is 0 Å². The van der Waals surface area contributed by atoms with Crippen LogP contribution in [0.25, 0.3) is 11.0 Å². The lowest BCUT2D eigenvalue weighted by atomic mass is 10.3. The molecular formula is C10H10F3N2O+. The summed E-state index contributed by atoms with van der Waals surface area (Å²) in [4.78, 5) is 2.32. The number of imidazole rings is 1. The fraction of sp³-hybridized carbons (Fsp3) is 0.300. The van der Waals surface area contributed by atoms with Gasteiger partial charge in [0, 0.05) is 0 Å². The summed E-state index contributed by atoms with van der Waals surface area (Å²) in [5.41, 5.74) is 0.840. The maximum atomic E-state index is 12.7. The number of aromatic nitrogens is 2. The number of hydrogen-bond donors (Lipinski definition) is 2. The molecule has 2 N–H and O–H groups in total. The smallest absolute Gasteiger partial charge is 0.392 e. The lowest BCUT2D eigenvalue weighted by molar-refractivity contribution is -0.692. The maximum Gasteiger partial charge on any atom is 0.494 e. The zero-order valence-corrected chi connectivity index (χ0v) is 8.25. The van der Waals surface area contributed by atoms with Crippen LogP contribution < -0.4 is 4.57 Å². The molecule has 16 heavy (non-hydrogen) atoms. The number of H-pyrrole nitrogens is 1. The van der Waals surface area contributed by atoms with Crippen LogP contribution >= 0.6 is 0 Å². The van der Waals surface area contributed by atoms with Crippen LogP contribution in [0.1, 0.15) is 5.82 Å². The van der Waals surface area contributed by atoms with Gasteiger partial charge >= 0.3 is 12.0 Å². The molecule has 0 aliphatic heterocycles. The van der Waals surface area contributed by atoms with Crippen molar-refractivity contribution in [2.45, 2.75) is 12.7 Å². The van der Waals surface area contributed by atoms with Gasteiger partial charge in [-0.2, -0.15) is 13.2 Å². The van der Waals surface area contributed by atoms with Gasteiger partial charge in [-0.15, -0.1) is 0 Å². The Morgan fingerprint density at radius 3 is 2.56 bits per heavy atom. The number of aliphatic hydroxyl groups excluding tert-OH is 1. The minimum absolute atomic E-state index is 0.0845. The van der Waals surface area contributed by atoms with E-state index in [0.717, 1.165) is 4.57 Å². The molecular weight excluding hydrogens is 221 g/mol. The number of para-hydroxylation sites is 2. The van der Waals surface area contributed by atoms with Crippen molar-refractivity contribution in [3.63, 3.8) is 0 Å². The fourth-order valence-corrected chi connectivity index (χ4v) is 1.69. The quantitative estimate of drug-likeness (QED) is 0.755. The molecule has 0 fully saturated rings. The van der Waals surface area contributed by atoms with E-state index >= 15 is 0 Å². The van der Waals surface area contributed by atoms with Crippen LogP contribution in [0.5, 0.6) is 0 Å². The Morgan fingerprint density at radius 1 is 1.25 bits per heavy atom. The Labute approximate surface area is 89.1 Å². The van der Waals surface area contributed by atoms with Gasteiger partial charge in [-0.25, -0.2) is 9.55 Å². The highest BCUT2D eigenvalue weighted by molar-refractivity contribution is 5.71. The molecule has 0 amide bonds. The van der Waals surface area contributed by atoms with E-state index in [2.05, 4.69) is 4.98 Å². The largest absolute Gasteiger partial charge is 0.494 e. The van der Waals surface area contributed by atoms with Gasteiger partial charge in [-0.3, -0.25) is 0 Å². The molecule has 0 bridgehead atoms. The Balaban J connectivity index is 2.68. The summed E-state index contributed by atoms with van der Waals surface area (Å²) in [6, 6.07) is 6.46. The van der Waals surface area contributed by atoms with Gasteiger partial charge in [-0.05, 0) is 12.1 Å². The number of rotatable bonds is 2. The summed E-state index contributed by atoms with van der Waals surface area (Å²) in [6.45, 7) is -0.422. The topological polar surface area (TPSA) is 39.9 Å². The van der Waals surface area contributed by atoms with Crippen molar-refractivity contribution >= 4 is 11.0 Å². The summed E-state index contributed by atoms with van der Waals surface area (Å²) in [5, 5.41) is 8.79. The second-order valence-electron chi connectivity index (χ2n) is 3.36. The average Bonchev–Trinajstić information content (AvgIpc) is 2.58. The molecule has 0 radical (unpaired) electrons. The predicted octanol–water partition coefficient (Wildman–Crippen LogP) is 1.47. The number of aliphatic hydroxyl groups is 1. The van der Waals surface area contributed by atoms with Crippen molar-refractivity contribution in [2.75, 3.05) is 6.61 Å². The summed E-state index contributed by atoms with van der Waals surface area (Å²) in [5.74, 6) is -0.845. The van der Waals surface area contributed by atoms with E-state index in [1.54, 1.807) is 24.3 Å². The van der Waals surface area contributed by atoms with Crippen LogP contribution in [0.4, 0.5) is 13.2 Å². The number of hydrogen-bond acceptors (Lipinski definition) is 1. The first kappa shape index (κ1) is 10.9. The molecule has 2 aromatic rings. The molecule has 0 spiro atoms. The van der Waals surface area contributed by atoms with Gasteiger partial charge in [-0.1, -0.05) is 12.1 Å². The zero-order valence-electron chi connectivity index (χ0n) is 8.25. The molecule has 1 heterocycles. The number of benzene rings is 1. The second kappa shape index (κ2) is 3.79. The van der Waals surface area contributed by atoms with E-state index in [4.69, 9.17) is 5.11 Å². The number of aromatic amines is 1. The zero-order chi connectivity index (χ0) is 11.8. The number of halogens is 3. The Hall–Kier alpha value is -1.56. The summed E-state index contributed by atoms with van der Waals surface area (Å²) < 4.78 is 39.1. The van der Waals surface area contributed by atoms with Gasteiger partial charge in [0.05, 0.1) is 6.61 Å². The molecule has 6 heteroatoms. The molecule has 86 valence electrons. The van der Waals surface area contributed by atoms with Gasteiger partial charge < -0.3 is 5.11 Å². The second-order valence-corrected chi connectivity index (χ2v) is 3.36. The first-order chi connectivity index (χ1) is 7.54. The first-order valence-corrected chi connectivity index (χ1v) is 4.72. The Bertz CT molecular complexity index is 504. The number of nitrogens with zero attached hydrogens (tertiary/aromatic N) is 1. The third kappa shape index (κ3) is 1.76. The van der Waals surface area contributed by atoms with Crippen LogP contribution in [0, 0.1) is 0 Å². The van der Waals surface area contributed by atoms with Crippen molar-refractivity contribution in [2.24, 2.45) is 0 Å². The molecule has 0 unspecified atom stereocenters. The minimum Gasteiger partial charge on any atom is -0.392 e. The lowest BCUT2D eigenvalue weighted by Gasteiger charge is -2.02. The van der Waals surface area contributed by atoms with Crippen LogP contribution in [0.15, 0.2) is 24.3 Å². The molecule has 0 saturated heterocycles. The van der Waals surface area contributed by atoms with Gasteiger partial charge in [0.2, 0.25) is 0 Å². The minimum atomic E-state index is -4.45. The Kier molecular flexibility index (Phi) is 2.59. The van der Waals surface area contributed by atoms with Crippen LogP contribution in [0.3, 0.4) is 0 Å². The van der Waals surface area contributed by atoms with Crippen LogP contribution in [0.2, 0.25) is 0 Å². The highest BCUT2D eigenvalue weighted by Gasteiger charge is 2.43. The number of alkyl halides is 3. The normalized spacial score (nSPS) is 12.2. The van der Waals surface area contributed by atoms with Gasteiger partial charge in [0.15, 0.2) is 11.0 Å². The highest BCUT2D eigenvalue weighted by Crippen LogP contribution is 2.27. The monoisotopic (exact) mass is 231 g/mol. The molecule has 2 rings (SSSR count). The van der Waals surface area contributed by atoms with Crippen molar-refractivity contribution in [3.8, 4) is 0 Å². The molecule has 0 saturated carbocycles. The number of fused-ring (bicyclic) bond motifs is 1. The van der Waals surface area contributed by atoms with Gasteiger partial charge in [0.25, 0.3) is 0 Å². The van der Waals surface area contributed by atoms with E-state index in [0.29, 0.717) is 11.0 Å². The van der Waals surface area contributed by atoms with Crippen molar-refractivity contribution in [1.82, 2.24) is 4.98 Å². The standard InChI is InChI=1S/C10H9F3N2O/c11-10(12,13)9-14-7-3-1-2-4-8(7)15(9)5-6-16/h1-4,16H,5-6H2/p+1. The summed E-state index contributed by atoms with van der Waals surface area (Å²) in [6.07, 6.45) is -4.45.